The molecule has 1 aromatic carbocycles. The van der Waals surface area contributed by atoms with Gasteiger partial charge in [-0.1, -0.05) is 36.9 Å². The van der Waals surface area contributed by atoms with Crippen LogP contribution < -0.4 is 5.32 Å². The third-order valence-electron chi connectivity index (χ3n) is 3.07. The van der Waals surface area contributed by atoms with E-state index in [1.54, 1.807) is 6.92 Å². The smallest absolute Gasteiger partial charge is 0.407 e. The molecule has 22 heavy (non-hydrogen) atoms. The van der Waals surface area contributed by atoms with E-state index >= 15 is 0 Å². The minimum absolute atomic E-state index is 0.00675. The highest BCUT2D eigenvalue weighted by molar-refractivity contribution is 5.87. The Bertz CT molecular complexity index is 515. The first-order chi connectivity index (χ1) is 10.4. The molecule has 2 atom stereocenters. The van der Waals surface area contributed by atoms with Crippen LogP contribution in [0.3, 0.4) is 0 Å². The average molecular weight is 307 g/mol. The van der Waals surface area contributed by atoms with Crippen LogP contribution in [-0.4, -0.2) is 36.4 Å². The Morgan fingerprint density at radius 3 is 2.55 bits per heavy atom. The molecule has 0 saturated carbocycles. The van der Waals surface area contributed by atoms with Crippen LogP contribution in [0.1, 0.15) is 18.9 Å². The van der Waals surface area contributed by atoms with Gasteiger partial charge < -0.3 is 19.9 Å². The lowest BCUT2D eigenvalue weighted by molar-refractivity contribution is -0.136. The molecule has 6 heteroatoms. The van der Waals surface area contributed by atoms with Gasteiger partial charge in [-0.3, -0.25) is 0 Å². The van der Waals surface area contributed by atoms with Crippen molar-refractivity contribution in [2.75, 3.05) is 7.11 Å². The maximum Gasteiger partial charge on any atom is 0.407 e. The van der Waals surface area contributed by atoms with Gasteiger partial charge in [0.1, 0.15) is 6.61 Å². The molecule has 1 amide bonds. The monoisotopic (exact) mass is 307 g/mol. The Morgan fingerprint density at radius 2 is 1.95 bits per heavy atom. The lowest BCUT2D eigenvalue weighted by Gasteiger charge is -2.20. The Hall–Kier alpha value is -2.34. The number of aliphatic hydroxyl groups is 1. The van der Waals surface area contributed by atoms with Gasteiger partial charge in [-0.15, -0.1) is 0 Å². The predicted octanol–water partition coefficient (Wildman–Crippen LogP) is 1.78. The van der Waals surface area contributed by atoms with Gasteiger partial charge in [0.2, 0.25) is 0 Å². The predicted molar refractivity (Wildman–Crippen MR) is 81.0 cm³/mol. The normalized spacial score (nSPS) is 12.9. The van der Waals surface area contributed by atoms with E-state index in [1.165, 1.54) is 7.11 Å². The van der Waals surface area contributed by atoms with Crippen LogP contribution in [0.5, 0.6) is 0 Å². The largest absolute Gasteiger partial charge is 0.466 e. The summed E-state index contributed by atoms with van der Waals surface area (Å²) in [6.07, 6.45) is -1.60. The van der Waals surface area contributed by atoms with Crippen molar-refractivity contribution in [1.82, 2.24) is 5.32 Å². The molecule has 0 heterocycles. The number of benzene rings is 1. The Morgan fingerprint density at radius 1 is 1.32 bits per heavy atom. The highest BCUT2D eigenvalue weighted by Crippen LogP contribution is 2.09. The molecule has 0 aromatic heterocycles. The zero-order chi connectivity index (χ0) is 16.5. The van der Waals surface area contributed by atoms with E-state index in [-0.39, 0.29) is 18.6 Å². The van der Waals surface area contributed by atoms with Crippen LogP contribution in [0, 0.1) is 0 Å². The first kappa shape index (κ1) is 17.7. The molecule has 0 bridgehead atoms. The van der Waals surface area contributed by atoms with Crippen LogP contribution in [0.2, 0.25) is 0 Å². The molecule has 2 N–H and O–H groups in total. The number of ether oxygens (including phenoxy) is 2. The standard InChI is InChI=1S/C16H21NO5/c1-11(15(19)21-3)9-14(18)12(2)17-16(20)22-10-13-7-5-4-6-8-13/h4-8,12,14,18H,1,9-10H2,2-3H3,(H,17,20)/t12-,14-/m0/s1. The van der Waals surface area contributed by atoms with E-state index in [2.05, 4.69) is 16.6 Å². The van der Waals surface area contributed by atoms with Gasteiger partial charge >= 0.3 is 12.1 Å². The molecule has 0 saturated heterocycles. The minimum atomic E-state index is -0.962. The molecule has 6 nitrogen and oxygen atoms in total. The van der Waals surface area contributed by atoms with Crippen LogP contribution in [0.4, 0.5) is 4.79 Å². The van der Waals surface area contributed by atoms with Gasteiger partial charge in [-0.05, 0) is 12.5 Å². The summed E-state index contributed by atoms with van der Waals surface area (Å²) < 4.78 is 9.55. The molecule has 120 valence electrons. The fraction of sp³-hybridized carbons (Fsp3) is 0.375. The topological polar surface area (TPSA) is 84.9 Å². The molecule has 0 fully saturated rings. The van der Waals surface area contributed by atoms with E-state index < -0.39 is 24.2 Å². The number of alkyl carbamates (subject to hydrolysis) is 1. The van der Waals surface area contributed by atoms with Crippen molar-refractivity contribution in [3.05, 3.63) is 48.0 Å². The first-order valence-electron chi connectivity index (χ1n) is 6.85. The number of amides is 1. The van der Waals surface area contributed by atoms with E-state index in [9.17, 15) is 14.7 Å². The summed E-state index contributed by atoms with van der Waals surface area (Å²) in [4.78, 5) is 22.9. The second-order valence-corrected chi connectivity index (χ2v) is 4.86. The number of hydrogen-bond donors (Lipinski definition) is 2. The Kier molecular flexibility index (Phi) is 7.12. The van der Waals surface area contributed by atoms with Gasteiger partial charge in [0.05, 0.1) is 19.3 Å². The van der Waals surface area contributed by atoms with E-state index in [4.69, 9.17) is 4.74 Å². The second kappa shape index (κ2) is 8.84. The van der Waals surface area contributed by atoms with Gasteiger partial charge in [0, 0.05) is 12.0 Å². The molecule has 1 aromatic rings. The number of esters is 1. The zero-order valence-electron chi connectivity index (χ0n) is 12.7. The van der Waals surface area contributed by atoms with Crippen LogP contribution >= 0.6 is 0 Å². The highest BCUT2D eigenvalue weighted by atomic mass is 16.5. The van der Waals surface area contributed by atoms with Crippen molar-refractivity contribution in [1.29, 1.82) is 0 Å². The lowest BCUT2D eigenvalue weighted by atomic mass is 10.0. The van der Waals surface area contributed by atoms with Gasteiger partial charge in [-0.2, -0.15) is 0 Å². The molecule has 0 spiro atoms. The molecule has 0 aliphatic heterocycles. The molecule has 0 aliphatic carbocycles. The van der Waals surface area contributed by atoms with Crippen LogP contribution in [0.25, 0.3) is 0 Å². The van der Waals surface area contributed by atoms with Crippen molar-refractivity contribution >= 4 is 12.1 Å². The number of hydrogen-bond acceptors (Lipinski definition) is 5. The average Bonchev–Trinajstić information content (AvgIpc) is 2.52. The van der Waals surface area contributed by atoms with E-state index in [1.807, 2.05) is 30.3 Å². The number of methoxy groups -OCH3 is 1. The maximum atomic E-state index is 11.6. The van der Waals surface area contributed by atoms with Crippen molar-refractivity contribution in [3.63, 3.8) is 0 Å². The summed E-state index contributed by atoms with van der Waals surface area (Å²) in [6.45, 7) is 5.28. The van der Waals surface area contributed by atoms with E-state index in [0.29, 0.717) is 0 Å². The second-order valence-electron chi connectivity index (χ2n) is 4.86. The summed E-state index contributed by atoms with van der Waals surface area (Å²) in [5.74, 6) is -0.585. The number of nitrogens with one attached hydrogen (secondary N) is 1. The Balaban J connectivity index is 2.36. The quantitative estimate of drug-likeness (QED) is 0.592. The summed E-state index contributed by atoms with van der Waals surface area (Å²) in [5, 5.41) is 12.4. The van der Waals surface area contributed by atoms with Gasteiger partial charge in [0.15, 0.2) is 0 Å². The summed E-state index contributed by atoms with van der Waals surface area (Å²) in [7, 11) is 1.24. The Labute approximate surface area is 129 Å². The van der Waals surface area contributed by atoms with Crippen molar-refractivity contribution in [3.8, 4) is 0 Å². The van der Waals surface area contributed by atoms with Gasteiger partial charge in [-0.25, -0.2) is 9.59 Å². The third kappa shape index (κ3) is 5.97. The molecule has 1 rings (SSSR count). The molecular weight excluding hydrogens is 286 g/mol. The molecular formula is C16H21NO5. The maximum absolute atomic E-state index is 11.6. The van der Waals surface area contributed by atoms with Crippen molar-refractivity contribution in [2.45, 2.75) is 32.1 Å². The van der Waals surface area contributed by atoms with Gasteiger partial charge in [0.25, 0.3) is 0 Å². The minimum Gasteiger partial charge on any atom is -0.466 e. The summed E-state index contributed by atoms with van der Waals surface area (Å²) >= 11 is 0. The lowest BCUT2D eigenvalue weighted by Crippen LogP contribution is -2.41. The number of carbonyl (C=O) groups excluding carboxylic acids is 2. The SMILES string of the molecule is C=C(C[C@H](O)[C@H](C)NC(=O)OCc1ccccc1)C(=O)OC. The fourth-order valence-electron chi connectivity index (χ4n) is 1.70. The third-order valence-corrected chi connectivity index (χ3v) is 3.07. The van der Waals surface area contributed by atoms with Crippen LogP contribution in [0.15, 0.2) is 42.5 Å². The molecule has 0 unspecified atom stereocenters. The van der Waals surface area contributed by atoms with Crippen molar-refractivity contribution in [2.24, 2.45) is 0 Å². The van der Waals surface area contributed by atoms with E-state index in [0.717, 1.165) is 5.56 Å². The molecule has 0 aliphatic rings. The molecule has 0 radical (unpaired) electrons. The highest BCUT2D eigenvalue weighted by Gasteiger charge is 2.20. The van der Waals surface area contributed by atoms with Crippen molar-refractivity contribution < 1.29 is 24.2 Å². The zero-order valence-corrected chi connectivity index (χ0v) is 12.7. The fourth-order valence-corrected chi connectivity index (χ4v) is 1.70. The number of carbonyl (C=O) groups is 2. The number of aliphatic hydroxyl groups excluding tert-OH is 1. The number of rotatable bonds is 7. The summed E-state index contributed by atoms with van der Waals surface area (Å²) in [6, 6.07) is 8.65. The van der Waals surface area contributed by atoms with Crippen LogP contribution in [-0.2, 0) is 20.9 Å². The summed E-state index contributed by atoms with van der Waals surface area (Å²) in [5.41, 5.74) is 1.01. The first-order valence-corrected chi connectivity index (χ1v) is 6.85.